The summed E-state index contributed by atoms with van der Waals surface area (Å²) in [7, 11) is 1.82. The van der Waals surface area contributed by atoms with Crippen molar-refractivity contribution in [3.05, 3.63) is 102 Å². The highest BCUT2D eigenvalue weighted by Crippen LogP contribution is 2.29. The van der Waals surface area contributed by atoms with Gasteiger partial charge in [0.25, 0.3) is 0 Å². The summed E-state index contributed by atoms with van der Waals surface area (Å²) in [5.74, 6) is -0.343. The van der Waals surface area contributed by atoms with Crippen LogP contribution in [-0.2, 0) is 23.0 Å². The molecule has 10 heteroatoms. The summed E-state index contributed by atoms with van der Waals surface area (Å²) >= 11 is 0. The van der Waals surface area contributed by atoms with E-state index in [1.807, 2.05) is 35.9 Å². The Morgan fingerprint density at radius 2 is 1.79 bits per heavy atom. The second-order valence-corrected chi connectivity index (χ2v) is 9.98. The van der Waals surface area contributed by atoms with Gasteiger partial charge in [-0.05, 0) is 43.2 Å². The third-order valence-electron chi connectivity index (χ3n) is 7.09. The van der Waals surface area contributed by atoms with Gasteiger partial charge in [0.1, 0.15) is 18.1 Å². The molecule has 0 bridgehead atoms. The molecule has 0 atom stereocenters. The van der Waals surface area contributed by atoms with Crippen molar-refractivity contribution in [2.24, 2.45) is 12.8 Å². The van der Waals surface area contributed by atoms with Crippen LogP contribution in [0.4, 0.5) is 10.5 Å². The number of carbonyl (C=O) groups excluding carboxylic acids is 3. The number of hydrogen-bond acceptors (Lipinski definition) is 7. The molecule has 0 saturated heterocycles. The van der Waals surface area contributed by atoms with E-state index in [-0.39, 0.29) is 30.5 Å². The molecule has 5 aromatic rings. The van der Waals surface area contributed by atoms with Crippen LogP contribution in [0.3, 0.4) is 0 Å². The smallest absolute Gasteiger partial charge is 0.420 e. The molecule has 3 N–H and O–H groups in total. The summed E-state index contributed by atoms with van der Waals surface area (Å²) in [5.41, 5.74) is 9.38. The van der Waals surface area contributed by atoms with Crippen molar-refractivity contribution in [2.75, 3.05) is 18.1 Å². The van der Waals surface area contributed by atoms with Crippen molar-refractivity contribution in [1.29, 1.82) is 5.41 Å². The molecule has 2 aromatic heterocycles. The second kappa shape index (κ2) is 12.6. The van der Waals surface area contributed by atoms with Crippen molar-refractivity contribution in [3.63, 3.8) is 0 Å². The van der Waals surface area contributed by atoms with Gasteiger partial charge in [0.05, 0.1) is 23.3 Å². The molecular weight excluding hydrogens is 546 g/mol. The highest BCUT2D eigenvalue weighted by atomic mass is 16.6. The van der Waals surface area contributed by atoms with Crippen LogP contribution in [0.25, 0.3) is 21.8 Å². The quantitative estimate of drug-likeness (QED) is 0.0981. The molecule has 0 radical (unpaired) electrons. The number of benzene rings is 3. The van der Waals surface area contributed by atoms with Crippen LogP contribution in [0.5, 0.6) is 5.75 Å². The van der Waals surface area contributed by atoms with Crippen LogP contribution < -0.4 is 15.4 Å². The van der Waals surface area contributed by atoms with Gasteiger partial charge >= 0.3 is 12.1 Å². The van der Waals surface area contributed by atoms with Crippen LogP contribution in [0.15, 0.2) is 85.2 Å². The molecule has 0 aliphatic heterocycles. The molecule has 0 fully saturated rings. The minimum atomic E-state index is -0.771. The number of aryl methyl sites for hydroxylation is 2. The maximum atomic E-state index is 13.5. The number of para-hydroxylation sites is 1. The van der Waals surface area contributed by atoms with E-state index in [1.165, 1.54) is 4.90 Å². The van der Waals surface area contributed by atoms with Crippen molar-refractivity contribution in [1.82, 2.24) is 9.55 Å². The number of pyridine rings is 1. The Balaban J connectivity index is 1.36. The van der Waals surface area contributed by atoms with Crippen LogP contribution in [0.2, 0.25) is 0 Å². The van der Waals surface area contributed by atoms with E-state index in [1.54, 1.807) is 67.8 Å². The van der Waals surface area contributed by atoms with E-state index >= 15 is 0 Å². The zero-order valence-electron chi connectivity index (χ0n) is 23.9. The first-order chi connectivity index (χ1) is 20.7. The molecule has 5 rings (SSSR count). The Labute approximate surface area is 248 Å². The summed E-state index contributed by atoms with van der Waals surface area (Å²) in [6.45, 7) is 1.51. The first kappa shape index (κ1) is 29.0. The monoisotopic (exact) mass is 577 g/mol. The fourth-order valence-electron chi connectivity index (χ4n) is 4.94. The van der Waals surface area contributed by atoms with Gasteiger partial charge in [0.15, 0.2) is 5.78 Å². The molecule has 43 heavy (non-hydrogen) atoms. The topological polar surface area (TPSA) is 141 Å². The minimum absolute atomic E-state index is 0.000654. The van der Waals surface area contributed by atoms with Crippen LogP contribution in [0, 0.1) is 5.41 Å². The number of nitrogens with two attached hydrogens (primary N) is 1. The molecule has 10 nitrogen and oxygen atoms in total. The van der Waals surface area contributed by atoms with Gasteiger partial charge in [0, 0.05) is 53.8 Å². The summed E-state index contributed by atoms with van der Waals surface area (Å²) in [6.07, 6.45) is 3.46. The van der Waals surface area contributed by atoms with E-state index in [2.05, 4.69) is 4.98 Å². The van der Waals surface area contributed by atoms with Gasteiger partial charge in [-0.15, -0.1) is 0 Å². The zero-order chi connectivity index (χ0) is 30.5. The largest absolute Gasteiger partial charge is 0.465 e. The second-order valence-electron chi connectivity index (χ2n) is 9.98. The Morgan fingerprint density at radius 3 is 2.53 bits per heavy atom. The molecule has 2 heterocycles. The van der Waals surface area contributed by atoms with Crippen molar-refractivity contribution in [3.8, 4) is 5.75 Å². The molecule has 3 aromatic carbocycles. The first-order valence-electron chi connectivity index (χ1n) is 13.8. The number of fused-ring (bicyclic) bond motifs is 2. The van der Waals surface area contributed by atoms with E-state index < -0.39 is 12.1 Å². The maximum absolute atomic E-state index is 13.5. The Kier molecular flexibility index (Phi) is 8.47. The summed E-state index contributed by atoms with van der Waals surface area (Å²) < 4.78 is 12.7. The fraction of sp³-hybridized carbons (Fsp3) is 0.182. The van der Waals surface area contributed by atoms with E-state index in [0.717, 1.165) is 16.3 Å². The average molecular weight is 578 g/mol. The lowest BCUT2D eigenvalue weighted by Gasteiger charge is -2.22. The van der Waals surface area contributed by atoms with Gasteiger partial charge in [-0.3, -0.25) is 24.9 Å². The number of amides is 1. The molecule has 218 valence electrons. The van der Waals surface area contributed by atoms with Crippen molar-refractivity contribution < 1.29 is 23.9 Å². The predicted molar refractivity (Wildman–Crippen MR) is 165 cm³/mol. The molecular formula is C33H31N5O5. The Hall–Kier alpha value is -5.51. The van der Waals surface area contributed by atoms with Gasteiger partial charge in [-0.2, -0.15) is 0 Å². The standard InChI is InChI=1S/C33H31N5O5/c1-3-42-30(40)20-38(27-8-4-6-22-7-5-17-36-31(22)27)33(41)43-24-14-15-25-26(19-37(2)28(25)18-24)29(39)16-11-21-9-12-23(13-10-21)32(34)35/h4-10,12-15,17-19H,3,11,16,20H2,1-2H3,(H3,34,35). The van der Waals surface area contributed by atoms with Crippen LogP contribution >= 0.6 is 0 Å². The number of hydrogen-bond donors (Lipinski definition) is 2. The number of amidine groups is 1. The minimum Gasteiger partial charge on any atom is -0.465 e. The van der Waals surface area contributed by atoms with Gasteiger partial charge < -0.3 is 19.8 Å². The number of aromatic nitrogens is 2. The van der Waals surface area contributed by atoms with Crippen molar-refractivity contribution >= 4 is 51.2 Å². The normalized spacial score (nSPS) is 10.9. The zero-order valence-corrected chi connectivity index (χ0v) is 23.9. The third-order valence-corrected chi connectivity index (χ3v) is 7.09. The van der Waals surface area contributed by atoms with E-state index in [9.17, 15) is 14.4 Å². The highest BCUT2D eigenvalue weighted by Gasteiger charge is 2.25. The number of ketones is 1. The summed E-state index contributed by atoms with van der Waals surface area (Å²) in [5, 5.41) is 9.06. The first-order valence-corrected chi connectivity index (χ1v) is 13.8. The number of Topliss-reactive ketones (excluding diaryl/α,β-unsaturated/α-hetero) is 1. The molecule has 0 aliphatic carbocycles. The SMILES string of the molecule is CCOC(=O)CN(C(=O)Oc1ccc2c(C(=O)CCc3ccc(C(=N)N)cc3)cn(C)c2c1)c1cccc2cccnc12. The fourth-order valence-corrected chi connectivity index (χ4v) is 4.94. The molecule has 0 saturated carbocycles. The molecule has 0 aliphatic rings. The lowest BCUT2D eigenvalue weighted by atomic mass is 10.0. The van der Waals surface area contributed by atoms with Crippen molar-refractivity contribution in [2.45, 2.75) is 19.8 Å². The van der Waals surface area contributed by atoms with Gasteiger partial charge in [-0.1, -0.05) is 42.5 Å². The lowest BCUT2D eigenvalue weighted by molar-refractivity contribution is -0.141. The van der Waals surface area contributed by atoms with Crippen LogP contribution in [0.1, 0.15) is 34.8 Å². The van der Waals surface area contributed by atoms with E-state index in [4.69, 9.17) is 20.6 Å². The average Bonchev–Trinajstić information content (AvgIpc) is 3.34. The number of esters is 1. The van der Waals surface area contributed by atoms with Crippen LogP contribution in [-0.4, -0.2) is 46.4 Å². The third kappa shape index (κ3) is 6.38. The molecule has 0 spiro atoms. The number of nitrogen functional groups attached to an aromatic ring is 1. The highest BCUT2D eigenvalue weighted by molar-refractivity contribution is 6.08. The maximum Gasteiger partial charge on any atom is 0.420 e. The summed E-state index contributed by atoms with van der Waals surface area (Å²) in [4.78, 5) is 44.8. The van der Waals surface area contributed by atoms with Gasteiger partial charge in [0.2, 0.25) is 0 Å². The number of nitrogens with one attached hydrogen (secondary N) is 1. The number of carbonyl (C=O) groups is 3. The van der Waals surface area contributed by atoms with E-state index in [0.29, 0.717) is 40.7 Å². The Bertz CT molecular complexity index is 1840. The summed E-state index contributed by atoms with van der Waals surface area (Å²) in [6, 6.07) is 21.4. The number of ether oxygens (including phenoxy) is 2. The number of anilines is 1. The van der Waals surface area contributed by atoms with Gasteiger partial charge in [-0.25, -0.2) is 4.79 Å². The number of nitrogens with zero attached hydrogens (tertiary/aromatic N) is 3. The lowest BCUT2D eigenvalue weighted by Crippen LogP contribution is -2.38. The molecule has 1 amide bonds. The molecule has 0 unspecified atom stereocenters. The predicted octanol–water partition coefficient (Wildman–Crippen LogP) is 5.39. The Morgan fingerprint density at radius 1 is 1.02 bits per heavy atom. The number of rotatable bonds is 10.